The highest BCUT2D eigenvalue weighted by atomic mass is 35.5. The van der Waals surface area contributed by atoms with Crippen LogP contribution in [-0.2, 0) is 4.79 Å². The number of methoxy groups -OCH3 is 1. The Hall–Kier alpha value is -3.39. The second-order valence-corrected chi connectivity index (χ2v) is 10.9. The van der Waals surface area contributed by atoms with Gasteiger partial charge in [0.2, 0.25) is 0 Å². The molecule has 0 unspecified atom stereocenters. The largest absolute Gasteiger partial charge is 0.496 e. The Morgan fingerprint density at radius 3 is 2.56 bits per heavy atom. The standard InChI is InChI=1S/C30H27Cl2N3O3S/c1-5-34(6-2)29(37)24-17(3)33-30-35(28(36)23(39-30)16-19-11-9-13-21(31)26(19)32)27(24)25-20-12-8-7-10-18(20)14-15-22(25)38-4/h7-16,27H,5-6H2,1-4H3/b23-16+/t27-/m0/s1. The van der Waals surface area contributed by atoms with Crippen molar-refractivity contribution in [2.75, 3.05) is 20.2 Å². The number of carbonyl (C=O) groups is 1. The summed E-state index contributed by atoms with van der Waals surface area (Å²) in [6.45, 7) is 6.77. The van der Waals surface area contributed by atoms with Gasteiger partial charge in [0.1, 0.15) is 11.8 Å². The van der Waals surface area contributed by atoms with E-state index in [9.17, 15) is 9.59 Å². The van der Waals surface area contributed by atoms with E-state index in [1.165, 1.54) is 11.3 Å². The van der Waals surface area contributed by atoms with E-state index >= 15 is 0 Å². The Labute approximate surface area is 240 Å². The van der Waals surface area contributed by atoms with Gasteiger partial charge in [-0.25, -0.2) is 4.99 Å². The van der Waals surface area contributed by atoms with Gasteiger partial charge >= 0.3 is 0 Å². The smallest absolute Gasteiger partial charge is 0.271 e. The highest BCUT2D eigenvalue weighted by Crippen LogP contribution is 2.40. The third-order valence-electron chi connectivity index (χ3n) is 6.99. The number of allylic oxidation sites excluding steroid dienone is 1. The molecule has 200 valence electrons. The third-order valence-corrected chi connectivity index (χ3v) is 8.81. The van der Waals surface area contributed by atoms with E-state index in [0.29, 0.717) is 55.1 Å². The van der Waals surface area contributed by atoms with Gasteiger partial charge in [0, 0.05) is 18.7 Å². The van der Waals surface area contributed by atoms with Crippen molar-refractivity contribution in [1.82, 2.24) is 9.47 Å². The molecule has 6 nitrogen and oxygen atoms in total. The lowest BCUT2D eigenvalue weighted by Crippen LogP contribution is -2.43. The van der Waals surface area contributed by atoms with Gasteiger partial charge in [0.25, 0.3) is 11.5 Å². The summed E-state index contributed by atoms with van der Waals surface area (Å²) in [5.41, 5.74) is 2.12. The summed E-state index contributed by atoms with van der Waals surface area (Å²) in [6.07, 6.45) is 1.72. The van der Waals surface area contributed by atoms with E-state index < -0.39 is 6.04 Å². The number of amides is 1. The maximum Gasteiger partial charge on any atom is 0.271 e. The summed E-state index contributed by atoms with van der Waals surface area (Å²) in [5, 5.41) is 2.64. The highest BCUT2D eigenvalue weighted by Gasteiger charge is 2.36. The van der Waals surface area contributed by atoms with Crippen LogP contribution in [0.15, 0.2) is 75.7 Å². The van der Waals surface area contributed by atoms with Crippen molar-refractivity contribution in [2.45, 2.75) is 26.8 Å². The normalized spacial score (nSPS) is 15.3. The van der Waals surface area contributed by atoms with E-state index in [1.807, 2.05) is 57.2 Å². The second kappa shape index (κ2) is 11.0. The molecule has 0 radical (unpaired) electrons. The number of carbonyl (C=O) groups excluding carboxylic acids is 1. The summed E-state index contributed by atoms with van der Waals surface area (Å²) < 4.78 is 7.89. The van der Waals surface area contributed by atoms with E-state index in [-0.39, 0.29) is 11.5 Å². The van der Waals surface area contributed by atoms with Gasteiger partial charge in [0.15, 0.2) is 4.80 Å². The van der Waals surface area contributed by atoms with Crippen molar-refractivity contribution < 1.29 is 9.53 Å². The first-order chi connectivity index (χ1) is 18.8. The Morgan fingerprint density at radius 2 is 1.85 bits per heavy atom. The quantitative estimate of drug-likeness (QED) is 0.300. The van der Waals surface area contributed by atoms with E-state index in [4.69, 9.17) is 32.9 Å². The number of fused-ring (bicyclic) bond motifs is 2. The summed E-state index contributed by atoms with van der Waals surface area (Å²) in [6, 6.07) is 16.3. The molecule has 1 amide bonds. The molecule has 0 aliphatic carbocycles. The summed E-state index contributed by atoms with van der Waals surface area (Å²) in [7, 11) is 1.60. The number of ether oxygens (including phenoxy) is 1. The Morgan fingerprint density at radius 1 is 1.10 bits per heavy atom. The zero-order valence-corrected chi connectivity index (χ0v) is 24.3. The molecule has 0 spiro atoms. The van der Waals surface area contributed by atoms with Crippen molar-refractivity contribution >= 4 is 57.3 Å². The van der Waals surface area contributed by atoms with E-state index in [0.717, 1.165) is 16.3 Å². The molecular weight excluding hydrogens is 553 g/mol. The fourth-order valence-electron chi connectivity index (χ4n) is 5.06. The van der Waals surface area contributed by atoms with Crippen LogP contribution in [0, 0.1) is 0 Å². The summed E-state index contributed by atoms with van der Waals surface area (Å²) >= 11 is 13.9. The molecular formula is C30H27Cl2N3O3S. The fraction of sp³-hybridized carbons (Fsp3) is 0.233. The van der Waals surface area contributed by atoms with Crippen LogP contribution < -0.4 is 19.6 Å². The van der Waals surface area contributed by atoms with Crippen LogP contribution in [0.25, 0.3) is 16.8 Å². The first kappa shape index (κ1) is 27.2. The molecule has 1 aromatic heterocycles. The lowest BCUT2D eigenvalue weighted by atomic mass is 9.90. The van der Waals surface area contributed by atoms with Gasteiger partial charge in [-0.1, -0.05) is 77.0 Å². The average molecular weight is 581 g/mol. The van der Waals surface area contributed by atoms with Crippen LogP contribution in [-0.4, -0.2) is 35.6 Å². The SMILES string of the molecule is CCN(CC)C(=O)C1=C(C)N=c2s/c(=C/c3cccc(Cl)c3Cl)c(=O)n2[C@@H]1c1c(OC)ccc2ccccc12. The molecule has 1 atom stereocenters. The average Bonchev–Trinajstić information content (AvgIpc) is 3.24. The topological polar surface area (TPSA) is 63.9 Å². The monoisotopic (exact) mass is 579 g/mol. The predicted molar refractivity (Wildman–Crippen MR) is 159 cm³/mol. The Balaban J connectivity index is 1.87. The van der Waals surface area contributed by atoms with Gasteiger partial charge in [-0.2, -0.15) is 0 Å². The first-order valence-corrected chi connectivity index (χ1v) is 14.2. The Bertz CT molecular complexity index is 1820. The molecule has 0 saturated carbocycles. The Kier molecular flexibility index (Phi) is 7.67. The molecule has 0 fully saturated rings. The summed E-state index contributed by atoms with van der Waals surface area (Å²) in [4.78, 5) is 35.2. The van der Waals surface area contributed by atoms with Crippen molar-refractivity contribution in [2.24, 2.45) is 4.99 Å². The molecule has 1 aliphatic heterocycles. The minimum atomic E-state index is -0.743. The number of likely N-dealkylation sites (N-methyl/N-ethyl adjacent to an activating group) is 1. The zero-order valence-electron chi connectivity index (χ0n) is 22.0. The number of benzene rings is 3. The highest BCUT2D eigenvalue weighted by molar-refractivity contribution is 7.07. The molecule has 9 heteroatoms. The van der Waals surface area contributed by atoms with Gasteiger partial charge in [-0.3, -0.25) is 14.2 Å². The number of rotatable bonds is 6. The minimum absolute atomic E-state index is 0.159. The number of nitrogens with zero attached hydrogens (tertiary/aromatic N) is 3. The van der Waals surface area contributed by atoms with Gasteiger partial charge < -0.3 is 9.64 Å². The van der Waals surface area contributed by atoms with Gasteiger partial charge in [0.05, 0.1) is 33.0 Å². The van der Waals surface area contributed by atoms with E-state index in [1.54, 1.807) is 40.9 Å². The molecule has 39 heavy (non-hydrogen) atoms. The lowest BCUT2D eigenvalue weighted by Gasteiger charge is -2.30. The van der Waals surface area contributed by atoms with Crippen LogP contribution in [0.2, 0.25) is 10.0 Å². The minimum Gasteiger partial charge on any atom is -0.496 e. The summed E-state index contributed by atoms with van der Waals surface area (Å²) in [5.74, 6) is 0.430. The van der Waals surface area contributed by atoms with Gasteiger partial charge in [-0.15, -0.1) is 0 Å². The molecule has 2 heterocycles. The molecule has 4 aromatic rings. The first-order valence-electron chi connectivity index (χ1n) is 12.6. The van der Waals surface area contributed by atoms with Crippen molar-refractivity contribution in [3.63, 3.8) is 0 Å². The predicted octanol–water partition coefficient (Wildman–Crippen LogP) is 5.57. The van der Waals surface area contributed by atoms with Crippen molar-refractivity contribution in [3.8, 4) is 5.75 Å². The van der Waals surface area contributed by atoms with Crippen LogP contribution in [0.3, 0.4) is 0 Å². The maximum atomic E-state index is 14.1. The zero-order chi connectivity index (χ0) is 27.8. The molecule has 0 bridgehead atoms. The molecule has 5 rings (SSSR count). The number of aromatic nitrogens is 1. The van der Waals surface area contributed by atoms with Gasteiger partial charge in [-0.05, 0) is 55.3 Å². The fourth-order valence-corrected chi connectivity index (χ4v) is 6.46. The second-order valence-electron chi connectivity index (χ2n) is 9.10. The molecule has 0 saturated heterocycles. The number of halogens is 2. The van der Waals surface area contributed by atoms with Crippen LogP contribution in [0.4, 0.5) is 0 Å². The maximum absolute atomic E-state index is 14.1. The van der Waals surface area contributed by atoms with Crippen LogP contribution in [0.5, 0.6) is 5.75 Å². The third kappa shape index (κ3) is 4.69. The number of thiazole rings is 1. The van der Waals surface area contributed by atoms with Crippen LogP contribution in [0.1, 0.15) is 37.9 Å². The molecule has 3 aromatic carbocycles. The van der Waals surface area contributed by atoms with Crippen molar-refractivity contribution in [3.05, 3.63) is 107 Å². The van der Waals surface area contributed by atoms with Crippen molar-refractivity contribution in [1.29, 1.82) is 0 Å². The lowest BCUT2D eigenvalue weighted by molar-refractivity contribution is -0.127. The van der Waals surface area contributed by atoms with E-state index in [2.05, 4.69) is 0 Å². The number of hydrogen-bond acceptors (Lipinski definition) is 5. The van der Waals surface area contributed by atoms with Crippen LogP contribution >= 0.6 is 34.5 Å². The number of hydrogen-bond donors (Lipinski definition) is 0. The molecule has 0 N–H and O–H groups in total. The molecule has 1 aliphatic rings.